The van der Waals surface area contributed by atoms with Gasteiger partial charge in [-0.2, -0.15) is 0 Å². The number of rotatable bonds is 2. The van der Waals surface area contributed by atoms with Gasteiger partial charge in [0.15, 0.2) is 0 Å². The number of carbonyl (C=O) groups is 1. The van der Waals surface area contributed by atoms with Crippen LogP contribution in [0.2, 0.25) is 0 Å². The standard InChI is InChI=1S/C13H11FO3/c1-8-7-10(13(15)16-2)12(17-8)9-5-3-4-6-11(9)14/h3-6H,1,7H2,2H3. The fourth-order valence-corrected chi connectivity index (χ4v) is 1.67. The summed E-state index contributed by atoms with van der Waals surface area (Å²) in [6.45, 7) is 3.63. The van der Waals surface area contributed by atoms with Crippen molar-refractivity contribution in [1.82, 2.24) is 0 Å². The van der Waals surface area contributed by atoms with Crippen molar-refractivity contribution in [3.63, 3.8) is 0 Å². The number of allylic oxidation sites excluding steroid dienone is 1. The van der Waals surface area contributed by atoms with Crippen LogP contribution in [0.15, 0.2) is 42.2 Å². The van der Waals surface area contributed by atoms with Crippen molar-refractivity contribution in [2.24, 2.45) is 0 Å². The molecule has 1 aromatic rings. The van der Waals surface area contributed by atoms with E-state index in [1.165, 1.54) is 13.2 Å². The molecule has 1 heterocycles. The van der Waals surface area contributed by atoms with Crippen LogP contribution in [0.3, 0.4) is 0 Å². The number of hydrogen-bond donors (Lipinski definition) is 0. The van der Waals surface area contributed by atoms with Crippen LogP contribution in [-0.2, 0) is 14.3 Å². The zero-order valence-electron chi connectivity index (χ0n) is 9.33. The summed E-state index contributed by atoms with van der Waals surface area (Å²) in [5.74, 6) is -0.371. The number of carbonyl (C=O) groups excluding carboxylic acids is 1. The number of benzene rings is 1. The van der Waals surface area contributed by atoms with Gasteiger partial charge in [0, 0.05) is 6.42 Å². The maximum absolute atomic E-state index is 13.6. The van der Waals surface area contributed by atoms with E-state index >= 15 is 0 Å². The molecule has 1 aliphatic rings. The lowest BCUT2D eigenvalue weighted by Crippen LogP contribution is -2.05. The van der Waals surface area contributed by atoms with E-state index in [1.807, 2.05) is 0 Å². The minimum absolute atomic E-state index is 0.194. The van der Waals surface area contributed by atoms with Gasteiger partial charge < -0.3 is 9.47 Å². The first-order valence-electron chi connectivity index (χ1n) is 5.05. The third-order valence-corrected chi connectivity index (χ3v) is 2.44. The largest absolute Gasteiger partial charge is 0.466 e. The summed E-state index contributed by atoms with van der Waals surface area (Å²) >= 11 is 0. The van der Waals surface area contributed by atoms with E-state index in [4.69, 9.17) is 4.74 Å². The van der Waals surface area contributed by atoms with E-state index < -0.39 is 11.8 Å². The van der Waals surface area contributed by atoms with Crippen LogP contribution in [0.1, 0.15) is 12.0 Å². The zero-order valence-corrected chi connectivity index (χ0v) is 9.33. The van der Waals surface area contributed by atoms with Gasteiger partial charge in [0.05, 0.1) is 18.2 Å². The Bertz CT molecular complexity index is 517. The van der Waals surface area contributed by atoms with Crippen LogP contribution >= 0.6 is 0 Å². The van der Waals surface area contributed by atoms with Gasteiger partial charge in [-0.25, -0.2) is 9.18 Å². The fourth-order valence-electron chi connectivity index (χ4n) is 1.67. The van der Waals surface area contributed by atoms with Crippen molar-refractivity contribution in [1.29, 1.82) is 0 Å². The molecule has 88 valence electrons. The van der Waals surface area contributed by atoms with E-state index in [1.54, 1.807) is 18.2 Å². The Balaban J connectivity index is 2.51. The van der Waals surface area contributed by atoms with Crippen molar-refractivity contribution in [2.45, 2.75) is 6.42 Å². The molecular formula is C13H11FO3. The molecule has 3 nitrogen and oxygen atoms in total. The number of methoxy groups -OCH3 is 1. The summed E-state index contributed by atoms with van der Waals surface area (Å²) < 4.78 is 23.6. The lowest BCUT2D eigenvalue weighted by molar-refractivity contribution is -0.136. The molecule has 0 bridgehead atoms. The van der Waals surface area contributed by atoms with Crippen LogP contribution in [0, 0.1) is 5.82 Å². The highest BCUT2D eigenvalue weighted by molar-refractivity contribution is 5.97. The molecule has 0 N–H and O–H groups in total. The molecule has 17 heavy (non-hydrogen) atoms. The quantitative estimate of drug-likeness (QED) is 0.738. The topological polar surface area (TPSA) is 35.5 Å². The molecule has 1 aliphatic heterocycles. The first-order chi connectivity index (χ1) is 8.13. The Morgan fingerprint density at radius 3 is 2.82 bits per heavy atom. The Morgan fingerprint density at radius 2 is 2.18 bits per heavy atom. The highest BCUT2D eigenvalue weighted by Gasteiger charge is 2.28. The first-order valence-corrected chi connectivity index (χ1v) is 5.05. The molecule has 0 spiro atoms. The molecule has 0 unspecified atom stereocenters. The van der Waals surface area contributed by atoms with Gasteiger partial charge in [-0.15, -0.1) is 0 Å². The van der Waals surface area contributed by atoms with E-state index in [0.29, 0.717) is 11.3 Å². The molecule has 2 rings (SSSR count). The second-order valence-electron chi connectivity index (χ2n) is 3.60. The number of esters is 1. The Kier molecular flexibility index (Phi) is 2.95. The molecule has 0 fully saturated rings. The minimum atomic E-state index is -0.526. The Morgan fingerprint density at radius 1 is 1.47 bits per heavy atom. The van der Waals surface area contributed by atoms with Gasteiger partial charge in [-0.05, 0) is 12.1 Å². The van der Waals surface area contributed by atoms with E-state index in [9.17, 15) is 9.18 Å². The molecule has 0 saturated carbocycles. The fraction of sp³-hybridized carbons (Fsp3) is 0.154. The predicted molar refractivity (Wildman–Crippen MR) is 60.2 cm³/mol. The molecule has 0 amide bonds. The maximum Gasteiger partial charge on any atom is 0.338 e. The average Bonchev–Trinajstić information content (AvgIpc) is 2.71. The molecule has 0 radical (unpaired) electrons. The van der Waals surface area contributed by atoms with Crippen LogP contribution in [0.25, 0.3) is 5.76 Å². The van der Waals surface area contributed by atoms with Gasteiger partial charge in [-0.3, -0.25) is 0 Å². The molecular weight excluding hydrogens is 223 g/mol. The van der Waals surface area contributed by atoms with Gasteiger partial charge >= 0.3 is 5.97 Å². The second kappa shape index (κ2) is 4.41. The number of hydrogen-bond acceptors (Lipinski definition) is 3. The van der Waals surface area contributed by atoms with E-state index in [2.05, 4.69) is 11.3 Å². The van der Waals surface area contributed by atoms with Crippen LogP contribution in [0.5, 0.6) is 0 Å². The van der Waals surface area contributed by atoms with Crippen molar-refractivity contribution < 1.29 is 18.7 Å². The summed E-state index contributed by atoms with van der Waals surface area (Å²) in [5.41, 5.74) is 0.536. The van der Waals surface area contributed by atoms with Gasteiger partial charge in [0.25, 0.3) is 0 Å². The van der Waals surface area contributed by atoms with Crippen molar-refractivity contribution in [2.75, 3.05) is 7.11 Å². The lowest BCUT2D eigenvalue weighted by Gasteiger charge is -2.06. The summed E-state index contributed by atoms with van der Waals surface area (Å²) in [6.07, 6.45) is 0.246. The number of ether oxygens (including phenoxy) is 2. The average molecular weight is 234 g/mol. The molecule has 4 heteroatoms. The van der Waals surface area contributed by atoms with Crippen molar-refractivity contribution in [3.8, 4) is 0 Å². The summed E-state index contributed by atoms with van der Waals surface area (Å²) in [5, 5.41) is 0. The van der Waals surface area contributed by atoms with Crippen LogP contribution in [-0.4, -0.2) is 13.1 Å². The lowest BCUT2D eigenvalue weighted by atomic mass is 10.1. The second-order valence-corrected chi connectivity index (χ2v) is 3.60. The first kappa shape index (κ1) is 11.4. The molecule has 1 aromatic carbocycles. The minimum Gasteiger partial charge on any atom is -0.466 e. The van der Waals surface area contributed by atoms with Gasteiger partial charge in [0.1, 0.15) is 17.3 Å². The Labute approximate surface area is 98.2 Å². The van der Waals surface area contributed by atoms with Crippen LogP contribution in [0.4, 0.5) is 4.39 Å². The smallest absolute Gasteiger partial charge is 0.338 e. The summed E-state index contributed by atoms with van der Waals surface area (Å²) in [6, 6.07) is 6.10. The SMILES string of the molecule is C=C1CC(C(=O)OC)=C(c2ccccc2F)O1. The van der Waals surface area contributed by atoms with Crippen molar-refractivity contribution in [3.05, 3.63) is 53.6 Å². The van der Waals surface area contributed by atoms with E-state index in [0.717, 1.165) is 0 Å². The molecule has 0 saturated heterocycles. The highest BCUT2D eigenvalue weighted by atomic mass is 19.1. The predicted octanol–water partition coefficient (Wildman–Crippen LogP) is 2.64. The summed E-state index contributed by atoms with van der Waals surface area (Å²) in [7, 11) is 1.27. The normalized spacial score (nSPS) is 14.8. The third kappa shape index (κ3) is 2.06. The molecule has 0 aliphatic carbocycles. The van der Waals surface area contributed by atoms with E-state index in [-0.39, 0.29) is 17.7 Å². The summed E-state index contributed by atoms with van der Waals surface area (Å²) in [4.78, 5) is 11.5. The zero-order chi connectivity index (χ0) is 12.4. The Hall–Kier alpha value is -2.10. The van der Waals surface area contributed by atoms with Crippen molar-refractivity contribution >= 4 is 11.7 Å². The molecule has 0 atom stereocenters. The highest BCUT2D eigenvalue weighted by Crippen LogP contribution is 2.35. The monoisotopic (exact) mass is 234 g/mol. The van der Waals surface area contributed by atoms with Gasteiger partial charge in [-0.1, -0.05) is 18.7 Å². The molecule has 0 aromatic heterocycles. The maximum atomic E-state index is 13.6. The van der Waals surface area contributed by atoms with Crippen LogP contribution < -0.4 is 0 Å². The number of halogens is 1. The third-order valence-electron chi connectivity index (χ3n) is 2.44. The van der Waals surface area contributed by atoms with Gasteiger partial charge in [0.2, 0.25) is 0 Å².